The molecule has 2 aliphatic rings. The Morgan fingerprint density at radius 2 is 1.98 bits per heavy atom. The quantitative estimate of drug-likeness (QED) is 0.355. The van der Waals surface area contributed by atoms with Crippen LogP contribution in [0.2, 0.25) is 5.02 Å². The predicted octanol–water partition coefficient (Wildman–Crippen LogP) is 2.66. The van der Waals surface area contributed by atoms with Gasteiger partial charge in [0.25, 0.3) is 15.9 Å². The van der Waals surface area contributed by atoms with E-state index in [-0.39, 0.29) is 42.1 Å². The van der Waals surface area contributed by atoms with Crippen LogP contribution in [-0.2, 0) is 33.0 Å². The normalized spacial score (nSPS) is 20.9. The van der Waals surface area contributed by atoms with Crippen LogP contribution >= 0.6 is 22.9 Å². The zero-order valence-corrected chi connectivity index (χ0v) is 24.7. The second kappa shape index (κ2) is 11.1. The van der Waals surface area contributed by atoms with Crippen LogP contribution in [0.3, 0.4) is 0 Å². The summed E-state index contributed by atoms with van der Waals surface area (Å²) in [5.41, 5.74) is -4.18. The van der Waals surface area contributed by atoms with Crippen LogP contribution in [0.15, 0.2) is 29.3 Å². The number of aromatic nitrogens is 2. The van der Waals surface area contributed by atoms with Gasteiger partial charge in [-0.3, -0.25) is 4.79 Å². The molecule has 4 heterocycles. The van der Waals surface area contributed by atoms with E-state index in [1.807, 2.05) is 6.92 Å². The Morgan fingerprint density at radius 3 is 2.71 bits per heavy atom. The van der Waals surface area contributed by atoms with E-state index in [1.54, 1.807) is 18.2 Å². The zero-order chi connectivity index (χ0) is 29.7. The summed E-state index contributed by atoms with van der Waals surface area (Å²) in [5.74, 6) is -0.488. The number of nitrogens with zero attached hydrogens (tertiary/aromatic N) is 3. The number of H-pyrrole nitrogens is 1. The number of hydrogen-bond acceptors (Lipinski definition) is 8. The number of amides is 1. The molecule has 0 saturated carbocycles. The lowest BCUT2D eigenvalue weighted by atomic mass is 10.1. The van der Waals surface area contributed by atoms with Gasteiger partial charge in [0.15, 0.2) is 5.01 Å². The number of sulfonamides is 2. The van der Waals surface area contributed by atoms with Gasteiger partial charge in [0.05, 0.1) is 5.69 Å². The molecule has 3 N–H and O–H groups in total. The molecule has 2 unspecified atom stereocenters. The van der Waals surface area contributed by atoms with Gasteiger partial charge in [-0.05, 0) is 37.6 Å². The Labute approximate surface area is 243 Å². The lowest BCUT2D eigenvalue weighted by Gasteiger charge is -2.40. The lowest BCUT2D eigenvalue weighted by molar-refractivity contribution is -0.0448. The minimum atomic E-state index is -5.62. The molecule has 2 aromatic heterocycles. The molecule has 41 heavy (non-hydrogen) atoms. The van der Waals surface area contributed by atoms with Crippen molar-refractivity contribution in [2.75, 3.05) is 26.2 Å². The van der Waals surface area contributed by atoms with Crippen LogP contribution in [0.25, 0.3) is 10.9 Å². The van der Waals surface area contributed by atoms with Crippen LogP contribution in [0.4, 0.5) is 13.2 Å². The van der Waals surface area contributed by atoms with Crippen LogP contribution in [0.5, 0.6) is 0 Å². The van der Waals surface area contributed by atoms with Crippen LogP contribution in [0.1, 0.15) is 33.7 Å². The molecule has 0 spiro atoms. The second-order valence-corrected chi connectivity index (χ2v) is 15.1. The standard InChI is InChI=1S/C23H26ClF3N6O5S3/c1-13-8-18-19(11-28-13)39-21(31-18)22(34)33-7-6-32(12-16(33)4-5-29-41(37,38)23(25,26)27)40(35,36)20-10-14-9-15(24)2-3-17(14)30-20/h2-3,9-10,13,16,28-30H,4-8,11-12H2,1H3. The molecule has 3 aromatic rings. The molecule has 0 aliphatic carbocycles. The zero-order valence-electron chi connectivity index (χ0n) is 21.5. The van der Waals surface area contributed by atoms with Crippen LogP contribution < -0.4 is 10.0 Å². The third-order valence-corrected chi connectivity index (χ3v) is 11.3. The summed E-state index contributed by atoms with van der Waals surface area (Å²) >= 11 is 7.22. The smallest absolute Gasteiger partial charge is 0.345 e. The highest BCUT2D eigenvalue weighted by atomic mass is 35.5. The molecule has 1 aromatic carbocycles. The maximum absolute atomic E-state index is 13.6. The van der Waals surface area contributed by atoms with Gasteiger partial charge in [-0.15, -0.1) is 11.3 Å². The Hall–Kier alpha value is -2.28. The number of carbonyl (C=O) groups is 1. The first-order valence-corrected chi connectivity index (χ1v) is 16.6. The highest BCUT2D eigenvalue weighted by molar-refractivity contribution is 7.90. The van der Waals surface area contributed by atoms with Crippen molar-refractivity contribution >= 4 is 59.8 Å². The Morgan fingerprint density at radius 1 is 1.22 bits per heavy atom. The predicted molar refractivity (Wildman–Crippen MR) is 147 cm³/mol. The Balaban J connectivity index is 1.39. The monoisotopic (exact) mass is 654 g/mol. The highest BCUT2D eigenvalue weighted by Gasteiger charge is 2.46. The number of thiazole rings is 1. The minimum absolute atomic E-state index is 0.0697. The molecule has 1 amide bonds. The van der Waals surface area contributed by atoms with Gasteiger partial charge >= 0.3 is 15.5 Å². The number of alkyl halides is 3. The van der Waals surface area contributed by atoms with Gasteiger partial charge in [-0.1, -0.05) is 11.6 Å². The van der Waals surface area contributed by atoms with Gasteiger partial charge < -0.3 is 15.2 Å². The van der Waals surface area contributed by atoms with Crippen molar-refractivity contribution in [1.29, 1.82) is 0 Å². The van der Waals surface area contributed by atoms with Crippen molar-refractivity contribution in [3.05, 3.63) is 44.9 Å². The number of carbonyl (C=O) groups excluding carboxylic acids is 1. The van der Waals surface area contributed by atoms with Crippen LogP contribution in [0, 0.1) is 0 Å². The largest absolute Gasteiger partial charge is 0.511 e. The summed E-state index contributed by atoms with van der Waals surface area (Å²) in [6.07, 6.45) is 0.364. The third kappa shape index (κ3) is 6.11. The number of fused-ring (bicyclic) bond motifs is 2. The summed E-state index contributed by atoms with van der Waals surface area (Å²) in [7, 11) is -9.73. The Bertz CT molecular complexity index is 1690. The number of nitrogens with one attached hydrogen (secondary N) is 3. The molecule has 0 bridgehead atoms. The van der Waals surface area contributed by atoms with Gasteiger partial charge in [0.2, 0.25) is 0 Å². The van der Waals surface area contributed by atoms with Gasteiger partial charge in [0, 0.05) is 72.0 Å². The number of benzene rings is 1. The summed E-state index contributed by atoms with van der Waals surface area (Å²) in [5, 5.41) is 4.36. The third-order valence-electron chi connectivity index (χ3n) is 7.03. The summed E-state index contributed by atoms with van der Waals surface area (Å²) in [6.45, 7) is 1.46. The maximum atomic E-state index is 13.6. The van der Waals surface area contributed by atoms with E-state index in [1.165, 1.54) is 27.0 Å². The molecule has 1 saturated heterocycles. The summed E-state index contributed by atoms with van der Waals surface area (Å²) in [4.78, 5) is 23.2. The summed E-state index contributed by atoms with van der Waals surface area (Å²) in [6, 6.07) is 5.51. The van der Waals surface area contributed by atoms with E-state index >= 15 is 0 Å². The van der Waals surface area contributed by atoms with Crippen molar-refractivity contribution in [3.8, 4) is 0 Å². The topological polar surface area (TPSA) is 145 Å². The first-order valence-electron chi connectivity index (χ1n) is 12.5. The van der Waals surface area contributed by atoms with Crippen LogP contribution in [-0.4, -0.2) is 85.7 Å². The molecule has 2 aliphatic heterocycles. The number of rotatable bonds is 7. The van der Waals surface area contributed by atoms with Crippen molar-refractivity contribution in [1.82, 2.24) is 29.2 Å². The van der Waals surface area contributed by atoms with E-state index in [0.717, 1.165) is 14.9 Å². The maximum Gasteiger partial charge on any atom is 0.511 e. The molecule has 11 nitrogen and oxygen atoms in total. The summed E-state index contributed by atoms with van der Waals surface area (Å²) < 4.78 is 91.4. The number of piperazine rings is 1. The molecule has 1 fully saturated rings. The fourth-order valence-corrected chi connectivity index (χ4v) is 8.09. The Kier molecular flexibility index (Phi) is 8.17. The molecule has 18 heteroatoms. The van der Waals surface area contributed by atoms with E-state index in [9.17, 15) is 34.8 Å². The lowest BCUT2D eigenvalue weighted by Crippen LogP contribution is -2.57. The van der Waals surface area contributed by atoms with Gasteiger partial charge in [0.1, 0.15) is 5.03 Å². The van der Waals surface area contributed by atoms with E-state index < -0.39 is 44.0 Å². The van der Waals surface area contributed by atoms with E-state index in [4.69, 9.17) is 11.6 Å². The molecular weight excluding hydrogens is 629 g/mol. The number of hydrogen-bond donors (Lipinski definition) is 3. The van der Waals surface area contributed by atoms with Crippen molar-refractivity contribution in [3.63, 3.8) is 0 Å². The van der Waals surface area contributed by atoms with Crippen molar-refractivity contribution in [2.45, 2.75) is 48.9 Å². The van der Waals surface area contributed by atoms with Gasteiger partial charge in [-0.2, -0.15) is 17.5 Å². The molecule has 224 valence electrons. The molecule has 0 radical (unpaired) electrons. The first kappa shape index (κ1) is 30.2. The fraction of sp³-hybridized carbons (Fsp3) is 0.478. The minimum Gasteiger partial charge on any atom is -0.345 e. The van der Waals surface area contributed by atoms with Crippen molar-refractivity contribution in [2.24, 2.45) is 0 Å². The average Bonchev–Trinajstić information content (AvgIpc) is 3.51. The fourth-order valence-electron chi connectivity index (χ4n) is 4.88. The number of aromatic amines is 1. The second-order valence-electron chi connectivity index (χ2n) is 9.89. The SMILES string of the molecule is CC1Cc2nc(C(=O)N3CCN(S(=O)(=O)c4cc5cc(Cl)ccc5[nH]4)CC3CCNS(=O)(=O)C(F)(F)F)sc2CN1. The molecule has 5 rings (SSSR count). The number of halogens is 4. The van der Waals surface area contributed by atoms with Crippen molar-refractivity contribution < 1.29 is 34.8 Å². The highest BCUT2D eigenvalue weighted by Crippen LogP contribution is 2.29. The average molecular weight is 655 g/mol. The van der Waals surface area contributed by atoms with Gasteiger partial charge in [-0.25, -0.2) is 26.5 Å². The van der Waals surface area contributed by atoms with E-state index in [0.29, 0.717) is 28.9 Å². The first-order chi connectivity index (χ1) is 19.2. The van der Waals surface area contributed by atoms with E-state index in [2.05, 4.69) is 15.3 Å². The molecule has 2 atom stereocenters. The molecular formula is C23H26ClF3N6O5S3.